The number of carbonyl (C=O) groups is 1. The van der Waals surface area contributed by atoms with Gasteiger partial charge in [0.1, 0.15) is 11.5 Å². The third-order valence-electron chi connectivity index (χ3n) is 4.18. The zero-order valence-corrected chi connectivity index (χ0v) is 13.4. The quantitative estimate of drug-likeness (QED) is 0.903. The molecule has 1 fully saturated rings. The first-order valence-corrected chi connectivity index (χ1v) is 7.85. The Labute approximate surface area is 139 Å². The number of ether oxygens (including phenoxy) is 1. The number of benzene rings is 1. The minimum Gasteiger partial charge on any atom is -0.391 e. The lowest BCUT2D eigenvalue weighted by Crippen LogP contribution is -2.32. The van der Waals surface area contributed by atoms with Crippen LogP contribution in [0.3, 0.4) is 0 Å². The third-order valence-corrected chi connectivity index (χ3v) is 4.18. The first kappa shape index (κ1) is 16.6. The lowest BCUT2D eigenvalue weighted by molar-refractivity contribution is 0.0708. The predicted octanol–water partition coefficient (Wildman–Crippen LogP) is 1.62. The van der Waals surface area contributed by atoms with Crippen LogP contribution in [-0.4, -0.2) is 52.1 Å². The molecule has 0 unspecified atom stereocenters. The second-order valence-corrected chi connectivity index (χ2v) is 5.87. The van der Waals surface area contributed by atoms with Crippen molar-refractivity contribution < 1.29 is 19.0 Å². The summed E-state index contributed by atoms with van der Waals surface area (Å²) < 4.78 is 19.8. The molecule has 6 nitrogen and oxygen atoms in total. The number of aromatic nitrogens is 2. The van der Waals surface area contributed by atoms with Gasteiger partial charge in [-0.2, -0.15) is 5.10 Å². The number of β-amino-alcohol motifs (C(OH)–C–C–N with tert-alkyl or cyclic N) is 1. The number of methoxy groups -OCH3 is 1. The highest BCUT2D eigenvalue weighted by molar-refractivity contribution is 5.92. The normalized spacial score (nSPS) is 20.5. The van der Waals surface area contributed by atoms with E-state index in [9.17, 15) is 14.3 Å². The number of nitrogens with zero attached hydrogens (tertiary/aromatic N) is 3. The standard InChI is InChI=1S/C17H20FN3O3/c1-24-9-8-20-7-6-15(19-20)17(23)21-11-14(22)10-16(21)12-2-4-13(18)5-3-12/h2-7,14,16,22H,8-11H2,1H3/t14-,16-/m0/s1. The van der Waals surface area contributed by atoms with Crippen LogP contribution in [0.15, 0.2) is 36.5 Å². The molecule has 1 aliphatic rings. The Morgan fingerprint density at radius 1 is 1.38 bits per heavy atom. The fourth-order valence-electron chi connectivity index (χ4n) is 2.97. The molecule has 2 aromatic rings. The highest BCUT2D eigenvalue weighted by Gasteiger charge is 2.36. The van der Waals surface area contributed by atoms with Gasteiger partial charge >= 0.3 is 0 Å². The molecule has 1 aromatic carbocycles. The van der Waals surface area contributed by atoms with E-state index in [2.05, 4.69) is 5.10 Å². The number of amides is 1. The van der Waals surface area contributed by atoms with Crippen molar-refractivity contribution in [2.75, 3.05) is 20.3 Å². The van der Waals surface area contributed by atoms with Crippen molar-refractivity contribution in [1.82, 2.24) is 14.7 Å². The van der Waals surface area contributed by atoms with E-state index in [1.165, 1.54) is 12.1 Å². The summed E-state index contributed by atoms with van der Waals surface area (Å²) in [6, 6.07) is 7.40. The molecule has 2 atom stereocenters. The van der Waals surface area contributed by atoms with Crippen LogP contribution in [0.25, 0.3) is 0 Å². The second kappa shape index (κ2) is 7.11. The molecular weight excluding hydrogens is 313 g/mol. The number of likely N-dealkylation sites (tertiary alicyclic amines) is 1. The van der Waals surface area contributed by atoms with Crippen molar-refractivity contribution in [3.63, 3.8) is 0 Å². The zero-order chi connectivity index (χ0) is 17.1. The first-order chi connectivity index (χ1) is 11.6. The Morgan fingerprint density at radius 3 is 2.83 bits per heavy atom. The van der Waals surface area contributed by atoms with Crippen molar-refractivity contribution in [1.29, 1.82) is 0 Å². The average molecular weight is 333 g/mol. The number of aliphatic hydroxyl groups excluding tert-OH is 1. The van der Waals surface area contributed by atoms with Crippen molar-refractivity contribution in [2.45, 2.75) is 25.1 Å². The zero-order valence-electron chi connectivity index (χ0n) is 13.4. The summed E-state index contributed by atoms with van der Waals surface area (Å²) in [5, 5.41) is 14.3. The summed E-state index contributed by atoms with van der Waals surface area (Å²) in [6.45, 7) is 1.32. The van der Waals surface area contributed by atoms with Gasteiger partial charge in [0.2, 0.25) is 0 Å². The van der Waals surface area contributed by atoms with Gasteiger partial charge in [-0.15, -0.1) is 0 Å². The van der Waals surface area contributed by atoms with Crippen molar-refractivity contribution in [3.8, 4) is 0 Å². The monoisotopic (exact) mass is 333 g/mol. The Balaban J connectivity index is 1.79. The van der Waals surface area contributed by atoms with Gasteiger partial charge in [-0.1, -0.05) is 12.1 Å². The van der Waals surface area contributed by atoms with Crippen LogP contribution in [0.5, 0.6) is 0 Å². The van der Waals surface area contributed by atoms with E-state index >= 15 is 0 Å². The van der Waals surface area contributed by atoms with E-state index in [1.54, 1.807) is 41.1 Å². The Kier molecular flexibility index (Phi) is 4.92. The van der Waals surface area contributed by atoms with Gasteiger partial charge in [0, 0.05) is 19.9 Å². The Morgan fingerprint density at radius 2 is 2.12 bits per heavy atom. The minimum absolute atomic E-state index is 0.239. The number of hydrogen-bond donors (Lipinski definition) is 1. The van der Waals surface area contributed by atoms with Crippen LogP contribution in [-0.2, 0) is 11.3 Å². The highest BCUT2D eigenvalue weighted by Crippen LogP contribution is 2.33. The first-order valence-electron chi connectivity index (χ1n) is 7.85. The van der Waals surface area contributed by atoms with E-state index in [1.807, 2.05) is 0 Å². The van der Waals surface area contributed by atoms with Crippen LogP contribution in [0, 0.1) is 5.82 Å². The Hall–Kier alpha value is -2.25. The summed E-state index contributed by atoms with van der Waals surface area (Å²) in [5.41, 5.74) is 1.13. The molecule has 0 bridgehead atoms. The molecule has 0 aliphatic carbocycles. The maximum atomic E-state index is 13.1. The molecule has 3 rings (SSSR count). The molecule has 7 heteroatoms. The van der Waals surface area contributed by atoms with E-state index < -0.39 is 6.10 Å². The van der Waals surface area contributed by atoms with E-state index in [-0.39, 0.29) is 24.3 Å². The van der Waals surface area contributed by atoms with E-state index in [4.69, 9.17) is 4.74 Å². The van der Waals surface area contributed by atoms with Crippen molar-refractivity contribution >= 4 is 5.91 Å². The molecule has 0 spiro atoms. The molecule has 0 radical (unpaired) electrons. The SMILES string of the molecule is COCCn1ccc(C(=O)N2C[C@@H](O)C[C@H]2c2ccc(F)cc2)n1. The molecule has 1 saturated heterocycles. The van der Waals surface area contributed by atoms with Crippen molar-refractivity contribution in [2.24, 2.45) is 0 Å². The molecule has 2 heterocycles. The number of rotatable bonds is 5. The lowest BCUT2D eigenvalue weighted by Gasteiger charge is -2.24. The van der Waals surface area contributed by atoms with Gasteiger partial charge in [-0.25, -0.2) is 4.39 Å². The largest absolute Gasteiger partial charge is 0.391 e. The minimum atomic E-state index is -0.598. The molecule has 1 aromatic heterocycles. The number of carbonyl (C=O) groups excluding carboxylic acids is 1. The second-order valence-electron chi connectivity index (χ2n) is 5.87. The summed E-state index contributed by atoms with van der Waals surface area (Å²) in [4.78, 5) is 14.4. The summed E-state index contributed by atoms with van der Waals surface area (Å²) in [6.07, 6.45) is 1.56. The Bertz CT molecular complexity index is 701. The molecule has 24 heavy (non-hydrogen) atoms. The van der Waals surface area contributed by atoms with E-state index in [0.29, 0.717) is 25.3 Å². The summed E-state index contributed by atoms with van der Waals surface area (Å²) in [7, 11) is 1.61. The van der Waals surface area contributed by atoms with Gasteiger partial charge in [0.15, 0.2) is 0 Å². The maximum absolute atomic E-state index is 13.1. The van der Waals surface area contributed by atoms with Crippen LogP contribution in [0.1, 0.15) is 28.5 Å². The molecular formula is C17H20FN3O3. The van der Waals surface area contributed by atoms with Crippen LogP contribution >= 0.6 is 0 Å². The molecule has 1 N–H and O–H groups in total. The van der Waals surface area contributed by atoms with Gasteiger partial charge in [-0.3, -0.25) is 9.48 Å². The summed E-state index contributed by atoms with van der Waals surface area (Å²) in [5.74, 6) is -0.566. The van der Waals surface area contributed by atoms with Gasteiger partial charge in [-0.05, 0) is 30.2 Å². The van der Waals surface area contributed by atoms with Crippen LogP contribution in [0.2, 0.25) is 0 Å². The molecule has 128 valence electrons. The number of aliphatic hydroxyl groups is 1. The fourth-order valence-corrected chi connectivity index (χ4v) is 2.97. The topological polar surface area (TPSA) is 67.6 Å². The number of hydrogen-bond acceptors (Lipinski definition) is 4. The molecule has 1 amide bonds. The van der Waals surface area contributed by atoms with Crippen molar-refractivity contribution in [3.05, 3.63) is 53.6 Å². The lowest BCUT2D eigenvalue weighted by atomic mass is 10.0. The number of halogens is 1. The van der Waals surface area contributed by atoms with Gasteiger partial charge in [0.25, 0.3) is 5.91 Å². The van der Waals surface area contributed by atoms with Gasteiger partial charge < -0.3 is 14.7 Å². The summed E-state index contributed by atoms with van der Waals surface area (Å²) >= 11 is 0. The average Bonchev–Trinajstić information content (AvgIpc) is 3.20. The maximum Gasteiger partial charge on any atom is 0.274 e. The predicted molar refractivity (Wildman–Crippen MR) is 84.9 cm³/mol. The van der Waals surface area contributed by atoms with Crippen LogP contribution in [0.4, 0.5) is 4.39 Å². The van der Waals surface area contributed by atoms with Gasteiger partial charge in [0.05, 0.1) is 25.3 Å². The van der Waals surface area contributed by atoms with E-state index in [0.717, 1.165) is 5.56 Å². The molecule has 0 saturated carbocycles. The molecule has 1 aliphatic heterocycles. The van der Waals surface area contributed by atoms with Crippen LogP contribution < -0.4 is 0 Å². The third kappa shape index (κ3) is 3.47. The fraction of sp³-hybridized carbons (Fsp3) is 0.412. The highest BCUT2D eigenvalue weighted by atomic mass is 19.1. The smallest absolute Gasteiger partial charge is 0.274 e.